The minimum absolute atomic E-state index is 0.0296. The molecule has 0 bridgehead atoms. The lowest BCUT2D eigenvalue weighted by Crippen LogP contribution is -2.52. The smallest absolute Gasteiger partial charge is 0.280 e. The van der Waals surface area contributed by atoms with Crippen molar-refractivity contribution in [2.75, 3.05) is 13.1 Å². The fraction of sp³-hybridized carbons (Fsp3) is 0.333. The highest BCUT2D eigenvalue weighted by molar-refractivity contribution is 5.97. The molecule has 2 heterocycles. The standard InChI is InChI=1S/C24H24F2N4O4/c1-2-17(28-22(31)21-23(32)29-19-6-4-3-5-18(19)27-21)24(33)30-11-9-15(10-12-30)34-20-8-7-14(25)13-16(20)26/h3-8,13,15,17H,2,9-12H2,1H3,(H,28,31)(H,29,32)/t17-/m0/s1. The van der Waals surface area contributed by atoms with E-state index < -0.39 is 29.1 Å². The van der Waals surface area contributed by atoms with Crippen molar-refractivity contribution in [2.24, 2.45) is 0 Å². The Bertz CT molecular complexity index is 1270. The summed E-state index contributed by atoms with van der Waals surface area (Å²) in [5, 5.41) is 2.62. The van der Waals surface area contributed by atoms with Gasteiger partial charge < -0.3 is 19.9 Å². The van der Waals surface area contributed by atoms with Crippen molar-refractivity contribution < 1.29 is 23.1 Å². The number of nitrogens with zero attached hydrogens (tertiary/aromatic N) is 2. The number of piperidine rings is 1. The number of hydrogen-bond acceptors (Lipinski definition) is 5. The van der Waals surface area contributed by atoms with E-state index in [1.165, 1.54) is 6.07 Å². The zero-order valence-electron chi connectivity index (χ0n) is 18.5. The second-order valence-corrected chi connectivity index (χ2v) is 8.08. The maximum Gasteiger partial charge on any atom is 0.280 e. The summed E-state index contributed by atoms with van der Waals surface area (Å²) in [4.78, 5) is 46.4. The van der Waals surface area contributed by atoms with E-state index in [1.807, 2.05) is 0 Å². The Morgan fingerprint density at radius 2 is 1.94 bits per heavy atom. The first-order valence-electron chi connectivity index (χ1n) is 11.1. The lowest BCUT2D eigenvalue weighted by Gasteiger charge is -2.34. The first-order chi connectivity index (χ1) is 16.4. The normalized spacial score (nSPS) is 15.2. The first-order valence-corrected chi connectivity index (χ1v) is 11.1. The van der Waals surface area contributed by atoms with E-state index in [0.717, 1.165) is 12.1 Å². The van der Waals surface area contributed by atoms with Crippen LogP contribution < -0.4 is 15.6 Å². The molecule has 0 radical (unpaired) electrons. The van der Waals surface area contributed by atoms with E-state index in [0.29, 0.717) is 43.4 Å². The molecule has 4 rings (SSSR count). The van der Waals surface area contributed by atoms with Crippen molar-refractivity contribution in [2.45, 2.75) is 38.3 Å². The molecule has 1 aliphatic rings. The van der Waals surface area contributed by atoms with Gasteiger partial charge in [0.2, 0.25) is 5.91 Å². The molecule has 2 N–H and O–H groups in total. The molecule has 0 unspecified atom stereocenters. The fourth-order valence-corrected chi connectivity index (χ4v) is 3.91. The second kappa shape index (κ2) is 9.98. The molecule has 0 saturated carbocycles. The van der Waals surface area contributed by atoms with Crippen LogP contribution in [0.25, 0.3) is 11.0 Å². The minimum Gasteiger partial charge on any atom is -0.487 e. The summed E-state index contributed by atoms with van der Waals surface area (Å²) >= 11 is 0. The minimum atomic E-state index is -0.827. The van der Waals surface area contributed by atoms with E-state index in [9.17, 15) is 23.2 Å². The number of benzene rings is 2. The van der Waals surface area contributed by atoms with Gasteiger partial charge in [0.25, 0.3) is 11.5 Å². The van der Waals surface area contributed by atoms with E-state index in [2.05, 4.69) is 15.3 Å². The lowest BCUT2D eigenvalue weighted by atomic mass is 10.1. The molecule has 1 fully saturated rings. The summed E-state index contributed by atoms with van der Waals surface area (Å²) in [7, 11) is 0. The second-order valence-electron chi connectivity index (χ2n) is 8.08. The summed E-state index contributed by atoms with van der Waals surface area (Å²) in [6, 6.07) is 9.15. The molecule has 0 spiro atoms. The van der Waals surface area contributed by atoms with Crippen LogP contribution >= 0.6 is 0 Å². The summed E-state index contributed by atoms with van der Waals surface area (Å²) in [6.07, 6.45) is 0.921. The van der Waals surface area contributed by atoms with Crippen LogP contribution in [0.4, 0.5) is 8.78 Å². The highest BCUT2D eigenvalue weighted by Gasteiger charge is 2.30. The van der Waals surface area contributed by atoms with Crippen LogP contribution in [0.1, 0.15) is 36.7 Å². The van der Waals surface area contributed by atoms with Crippen LogP contribution in [0.15, 0.2) is 47.3 Å². The molecular formula is C24H24F2N4O4. The average Bonchev–Trinajstić information content (AvgIpc) is 2.83. The van der Waals surface area contributed by atoms with E-state index >= 15 is 0 Å². The van der Waals surface area contributed by atoms with Crippen molar-refractivity contribution >= 4 is 22.8 Å². The van der Waals surface area contributed by atoms with Gasteiger partial charge in [0.05, 0.1) is 11.0 Å². The molecule has 10 heteroatoms. The number of nitrogens with one attached hydrogen (secondary N) is 2. The summed E-state index contributed by atoms with van der Waals surface area (Å²) in [5.74, 6) is -2.49. The Labute approximate surface area is 193 Å². The van der Waals surface area contributed by atoms with Gasteiger partial charge in [-0.25, -0.2) is 13.8 Å². The third-order valence-electron chi connectivity index (χ3n) is 5.77. The molecular weight excluding hydrogens is 446 g/mol. The zero-order chi connectivity index (χ0) is 24.2. The van der Waals surface area contributed by atoms with Gasteiger partial charge >= 0.3 is 0 Å². The van der Waals surface area contributed by atoms with E-state index in [1.54, 1.807) is 36.1 Å². The molecule has 3 aromatic rings. The number of rotatable bonds is 6. The van der Waals surface area contributed by atoms with Crippen LogP contribution in [0, 0.1) is 11.6 Å². The van der Waals surface area contributed by atoms with Crippen molar-refractivity contribution in [3.8, 4) is 5.75 Å². The number of hydrogen-bond donors (Lipinski definition) is 2. The molecule has 2 aromatic carbocycles. The van der Waals surface area contributed by atoms with Gasteiger partial charge in [0.1, 0.15) is 18.0 Å². The molecule has 0 aliphatic carbocycles. The molecule has 8 nitrogen and oxygen atoms in total. The summed E-state index contributed by atoms with van der Waals surface area (Å²) in [6.45, 7) is 2.47. The number of aromatic nitrogens is 2. The number of para-hydroxylation sites is 2. The van der Waals surface area contributed by atoms with Gasteiger partial charge in [-0.2, -0.15) is 0 Å². The zero-order valence-corrected chi connectivity index (χ0v) is 18.5. The molecule has 178 valence electrons. The third-order valence-corrected chi connectivity index (χ3v) is 5.77. The Hall–Kier alpha value is -3.82. The number of halogens is 2. The Kier molecular flexibility index (Phi) is 6.85. The topological polar surface area (TPSA) is 104 Å². The maximum atomic E-state index is 13.8. The maximum absolute atomic E-state index is 13.8. The molecule has 1 atom stereocenters. The number of H-pyrrole nitrogens is 1. The van der Waals surface area contributed by atoms with Crippen molar-refractivity contribution in [3.05, 3.63) is 70.1 Å². The number of ether oxygens (including phenoxy) is 1. The Balaban J connectivity index is 1.37. The molecule has 34 heavy (non-hydrogen) atoms. The number of carbonyl (C=O) groups excluding carboxylic acids is 2. The quantitative estimate of drug-likeness (QED) is 0.577. The largest absolute Gasteiger partial charge is 0.487 e. The Morgan fingerprint density at radius 3 is 2.65 bits per heavy atom. The van der Waals surface area contributed by atoms with Gasteiger partial charge in [-0.3, -0.25) is 14.4 Å². The SMILES string of the molecule is CC[C@H](NC(=O)c1nc2ccccc2[nH]c1=O)C(=O)N1CCC(Oc2ccc(F)cc2F)CC1. The van der Waals surface area contributed by atoms with Crippen LogP contribution in [-0.4, -0.2) is 51.9 Å². The lowest BCUT2D eigenvalue weighted by molar-refractivity contribution is -0.135. The van der Waals surface area contributed by atoms with Gasteiger partial charge in [0.15, 0.2) is 17.3 Å². The van der Waals surface area contributed by atoms with E-state index in [4.69, 9.17) is 4.74 Å². The highest BCUT2D eigenvalue weighted by atomic mass is 19.1. The number of likely N-dealkylation sites (tertiary alicyclic amines) is 1. The van der Waals surface area contributed by atoms with Gasteiger partial charge in [-0.1, -0.05) is 19.1 Å². The van der Waals surface area contributed by atoms with Crippen LogP contribution in [0.2, 0.25) is 0 Å². The van der Waals surface area contributed by atoms with Crippen molar-refractivity contribution in [3.63, 3.8) is 0 Å². The molecule has 1 aliphatic heterocycles. The third kappa shape index (κ3) is 5.05. The number of amides is 2. The van der Waals surface area contributed by atoms with Gasteiger partial charge in [0, 0.05) is 32.0 Å². The molecule has 2 amide bonds. The van der Waals surface area contributed by atoms with Gasteiger partial charge in [-0.15, -0.1) is 0 Å². The number of carbonyl (C=O) groups is 2. The summed E-state index contributed by atoms with van der Waals surface area (Å²) in [5.41, 5.74) is 0.0342. The average molecular weight is 470 g/mol. The Morgan fingerprint density at radius 1 is 1.21 bits per heavy atom. The van der Waals surface area contributed by atoms with Crippen LogP contribution in [0.3, 0.4) is 0 Å². The first kappa shape index (κ1) is 23.3. The van der Waals surface area contributed by atoms with E-state index in [-0.39, 0.29) is 23.5 Å². The predicted octanol–water partition coefficient (Wildman–Crippen LogP) is 2.78. The summed E-state index contributed by atoms with van der Waals surface area (Å²) < 4.78 is 32.5. The molecule has 1 saturated heterocycles. The number of aromatic amines is 1. The fourth-order valence-electron chi connectivity index (χ4n) is 3.91. The van der Waals surface area contributed by atoms with Crippen LogP contribution in [0.5, 0.6) is 5.75 Å². The van der Waals surface area contributed by atoms with Crippen molar-refractivity contribution in [1.82, 2.24) is 20.2 Å². The molecule has 1 aromatic heterocycles. The predicted molar refractivity (Wildman–Crippen MR) is 120 cm³/mol. The number of fused-ring (bicyclic) bond motifs is 1. The van der Waals surface area contributed by atoms with Crippen molar-refractivity contribution in [1.29, 1.82) is 0 Å². The highest BCUT2D eigenvalue weighted by Crippen LogP contribution is 2.23. The monoisotopic (exact) mass is 470 g/mol. The van der Waals surface area contributed by atoms with Crippen LogP contribution in [-0.2, 0) is 4.79 Å². The van der Waals surface area contributed by atoms with Gasteiger partial charge in [-0.05, 0) is 30.7 Å².